The van der Waals surface area contributed by atoms with Gasteiger partial charge in [0.15, 0.2) is 0 Å². The Morgan fingerprint density at radius 1 is 1.36 bits per heavy atom. The van der Waals surface area contributed by atoms with Crippen LogP contribution < -0.4 is 0 Å². The van der Waals surface area contributed by atoms with E-state index in [1.54, 1.807) is 0 Å². The summed E-state index contributed by atoms with van der Waals surface area (Å²) in [6.07, 6.45) is 12.7. The lowest BCUT2D eigenvalue weighted by Crippen LogP contribution is -2.20. The molecule has 0 bridgehead atoms. The summed E-state index contributed by atoms with van der Waals surface area (Å²) in [4.78, 5) is 0. The van der Waals surface area contributed by atoms with Crippen molar-refractivity contribution in [2.24, 2.45) is 5.92 Å². The van der Waals surface area contributed by atoms with Crippen LogP contribution in [0.2, 0.25) is 0 Å². The Kier molecular flexibility index (Phi) is 3.02. The molecule has 14 heavy (non-hydrogen) atoms. The first-order valence-electron chi connectivity index (χ1n) is 5.53. The van der Waals surface area contributed by atoms with Crippen molar-refractivity contribution < 1.29 is 0 Å². The Morgan fingerprint density at radius 2 is 2.14 bits per heavy atom. The van der Waals surface area contributed by atoms with E-state index < -0.39 is 0 Å². The molecule has 1 saturated carbocycles. The first-order chi connectivity index (χ1) is 6.92. The molecule has 1 aliphatic rings. The van der Waals surface area contributed by atoms with E-state index in [0.717, 1.165) is 5.92 Å². The molecule has 2 nitrogen and oxygen atoms in total. The van der Waals surface area contributed by atoms with Gasteiger partial charge in [0.05, 0.1) is 6.04 Å². The average molecular weight is 190 g/mol. The molecular formula is C12H18N2. The number of rotatable bonds is 3. The van der Waals surface area contributed by atoms with Crippen molar-refractivity contribution in [2.75, 3.05) is 0 Å². The lowest BCUT2D eigenvalue weighted by Gasteiger charge is -2.28. The fourth-order valence-electron chi connectivity index (χ4n) is 2.45. The third-order valence-electron chi connectivity index (χ3n) is 3.20. The van der Waals surface area contributed by atoms with E-state index in [0.29, 0.717) is 6.04 Å². The number of hydrogen-bond donors (Lipinski definition) is 0. The van der Waals surface area contributed by atoms with E-state index >= 15 is 0 Å². The Balaban J connectivity index is 2.08. The van der Waals surface area contributed by atoms with Crippen molar-refractivity contribution in [1.29, 1.82) is 0 Å². The summed E-state index contributed by atoms with van der Waals surface area (Å²) in [5.74, 6) is 0.751. The molecule has 1 fully saturated rings. The van der Waals surface area contributed by atoms with Crippen molar-refractivity contribution in [1.82, 2.24) is 9.78 Å². The Hall–Kier alpha value is -1.05. The smallest absolute Gasteiger partial charge is 0.0724 e. The second-order valence-corrected chi connectivity index (χ2v) is 4.11. The van der Waals surface area contributed by atoms with Gasteiger partial charge in [-0.25, -0.2) is 0 Å². The van der Waals surface area contributed by atoms with Gasteiger partial charge in [-0.1, -0.05) is 25.3 Å². The second kappa shape index (κ2) is 4.45. The van der Waals surface area contributed by atoms with Crippen molar-refractivity contribution >= 4 is 0 Å². The third kappa shape index (κ3) is 1.89. The van der Waals surface area contributed by atoms with Gasteiger partial charge < -0.3 is 0 Å². The maximum Gasteiger partial charge on any atom is 0.0724 e. The van der Waals surface area contributed by atoms with Crippen LogP contribution >= 0.6 is 0 Å². The van der Waals surface area contributed by atoms with E-state index in [9.17, 15) is 0 Å². The summed E-state index contributed by atoms with van der Waals surface area (Å²) < 4.78 is 2.04. The van der Waals surface area contributed by atoms with Crippen molar-refractivity contribution in [3.05, 3.63) is 31.1 Å². The molecule has 2 rings (SSSR count). The van der Waals surface area contributed by atoms with Gasteiger partial charge in [-0.15, -0.1) is 6.58 Å². The molecule has 1 heterocycles. The van der Waals surface area contributed by atoms with Crippen LogP contribution in [0, 0.1) is 5.92 Å². The molecule has 2 heteroatoms. The van der Waals surface area contributed by atoms with Crippen LogP contribution in [0.5, 0.6) is 0 Å². The van der Waals surface area contributed by atoms with Crippen LogP contribution in [0.1, 0.15) is 38.1 Å². The topological polar surface area (TPSA) is 17.8 Å². The van der Waals surface area contributed by atoms with Gasteiger partial charge in [0, 0.05) is 12.4 Å². The fourth-order valence-corrected chi connectivity index (χ4v) is 2.45. The van der Waals surface area contributed by atoms with Gasteiger partial charge in [-0.2, -0.15) is 5.10 Å². The molecule has 1 aromatic heterocycles. The molecular weight excluding hydrogens is 172 g/mol. The first kappa shape index (κ1) is 9.50. The van der Waals surface area contributed by atoms with Crippen LogP contribution in [0.3, 0.4) is 0 Å². The minimum Gasteiger partial charge on any atom is -0.266 e. The SMILES string of the molecule is C=CC(C1CCCCC1)n1cccn1. The van der Waals surface area contributed by atoms with Gasteiger partial charge >= 0.3 is 0 Å². The third-order valence-corrected chi connectivity index (χ3v) is 3.20. The highest BCUT2D eigenvalue weighted by Crippen LogP contribution is 2.32. The van der Waals surface area contributed by atoms with Crippen molar-refractivity contribution in [3.8, 4) is 0 Å². The minimum absolute atomic E-state index is 0.408. The Morgan fingerprint density at radius 3 is 2.71 bits per heavy atom. The van der Waals surface area contributed by atoms with Crippen LogP contribution in [-0.4, -0.2) is 9.78 Å². The summed E-state index contributed by atoms with van der Waals surface area (Å²) in [7, 11) is 0. The highest BCUT2D eigenvalue weighted by atomic mass is 15.3. The maximum atomic E-state index is 4.31. The molecule has 0 aromatic carbocycles. The van der Waals surface area contributed by atoms with E-state index in [-0.39, 0.29) is 0 Å². The lowest BCUT2D eigenvalue weighted by atomic mass is 9.84. The van der Waals surface area contributed by atoms with Crippen LogP contribution in [0.15, 0.2) is 31.1 Å². The predicted molar refractivity (Wildman–Crippen MR) is 58.0 cm³/mol. The standard InChI is InChI=1S/C12H18N2/c1-2-12(14-10-6-9-13-14)11-7-4-3-5-8-11/h2,6,9-12H,1,3-5,7-8H2. The molecule has 76 valence electrons. The average Bonchev–Trinajstić information content (AvgIpc) is 2.74. The molecule has 0 amide bonds. The monoisotopic (exact) mass is 190 g/mol. The summed E-state index contributed by atoms with van der Waals surface area (Å²) in [6.45, 7) is 3.93. The zero-order valence-corrected chi connectivity index (χ0v) is 8.60. The normalized spacial score (nSPS) is 20.6. The summed E-state index contributed by atoms with van der Waals surface area (Å²) >= 11 is 0. The van der Waals surface area contributed by atoms with E-state index in [2.05, 4.69) is 11.7 Å². The highest BCUT2D eigenvalue weighted by molar-refractivity contribution is 4.93. The molecule has 0 aliphatic heterocycles. The predicted octanol–water partition coefficient (Wildman–Crippen LogP) is 3.19. The molecule has 0 radical (unpaired) electrons. The Bertz CT molecular complexity index is 271. The molecule has 1 atom stereocenters. The van der Waals surface area contributed by atoms with Crippen molar-refractivity contribution in [2.45, 2.75) is 38.1 Å². The van der Waals surface area contributed by atoms with Gasteiger partial charge in [0.2, 0.25) is 0 Å². The Labute approximate surface area is 85.6 Å². The molecule has 1 aliphatic carbocycles. The second-order valence-electron chi connectivity index (χ2n) is 4.11. The summed E-state index contributed by atoms with van der Waals surface area (Å²) in [5, 5.41) is 4.31. The lowest BCUT2D eigenvalue weighted by molar-refractivity contribution is 0.272. The molecule has 0 saturated heterocycles. The van der Waals surface area contributed by atoms with Gasteiger partial charge in [-0.05, 0) is 24.8 Å². The highest BCUT2D eigenvalue weighted by Gasteiger charge is 2.22. The number of aromatic nitrogens is 2. The van der Waals surface area contributed by atoms with E-state index in [1.807, 2.05) is 29.2 Å². The minimum atomic E-state index is 0.408. The zero-order chi connectivity index (χ0) is 9.80. The summed E-state index contributed by atoms with van der Waals surface area (Å²) in [6, 6.07) is 2.39. The van der Waals surface area contributed by atoms with E-state index in [4.69, 9.17) is 0 Å². The quantitative estimate of drug-likeness (QED) is 0.669. The van der Waals surface area contributed by atoms with Gasteiger partial charge in [0.25, 0.3) is 0 Å². The number of nitrogens with zero attached hydrogens (tertiary/aromatic N) is 2. The van der Waals surface area contributed by atoms with Crippen molar-refractivity contribution in [3.63, 3.8) is 0 Å². The van der Waals surface area contributed by atoms with E-state index in [1.165, 1.54) is 32.1 Å². The van der Waals surface area contributed by atoms with Crippen LogP contribution in [-0.2, 0) is 0 Å². The number of hydrogen-bond acceptors (Lipinski definition) is 1. The van der Waals surface area contributed by atoms with Crippen LogP contribution in [0.4, 0.5) is 0 Å². The molecule has 1 unspecified atom stereocenters. The molecule has 1 aromatic rings. The maximum absolute atomic E-state index is 4.31. The number of allylic oxidation sites excluding steroid dienone is 1. The van der Waals surface area contributed by atoms with Gasteiger partial charge in [0.1, 0.15) is 0 Å². The summed E-state index contributed by atoms with van der Waals surface area (Å²) in [5.41, 5.74) is 0. The van der Waals surface area contributed by atoms with Gasteiger partial charge in [-0.3, -0.25) is 4.68 Å². The molecule has 0 N–H and O–H groups in total. The fraction of sp³-hybridized carbons (Fsp3) is 0.583. The first-order valence-corrected chi connectivity index (χ1v) is 5.53. The van der Waals surface area contributed by atoms with Crippen LogP contribution in [0.25, 0.3) is 0 Å². The zero-order valence-electron chi connectivity index (χ0n) is 8.60. The largest absolute Gasteiger partial charge is 0.266 e. The molecule has 0 spiro atoms.